The lowest BCUT2D eigenvalue weighted by atomic mass is 10.5. The van der Waals surface area contributed by atoms with Crippen molar-refractivity contribution in [2.45, 2.75) is 6.23 Å². The molecule has 9 heavy (non-hydrogen) atoms. The molecule has 1 atom stereocenters. The van der Waals surface area contributed by atoms with E-state index in [-0.39, 0.29) is 5.91 Å². The third-order valence-corrected chi connectivity index (χ3v) is 1.08. The Morgan fingerprint density at radius 1 is 1.89 bits per heavy atom. The number of carbonyl (C=O) groups is 1. The molecule has 0 aromatic heterocycles. The Labute approximate surface area is 52.6 Å². The van der Waals surface area contributed by atoms with Gasteiger partial charge in [0.15, 0.2) is 6.23 Å². The van der Waals surface area contributed by atoms with Crippen LogP contribution in [0.1, 0.15) is 0 Å². The Morgan fingerprint density at radius 3 is 3.00 bits per heavy atom. The highest BCUT2D eigenvalue weighted by Crippen LogP contribution is 1.85. The van der Waals surface area contributed by atoms with Gasteiger partial charge in [0.1, 0.15) is 0 Å². The molecule has 1 amide bonds. The summed E-state index contributed by atoms with van der Waals surface area (Å²) in [6.07, 6.45) is -1.09. The summed E-state index contributed by atoms with van der Waals surface area (Å²) in [4.78, 5) is 10.5. The summed E-state index contributed by atoms with van der Waals surface area (Å²) in [6, 6.07) is 0. The average Bonchev–Trinajstić information content (AvgIpc) is 1.80. The molecule has 1 aliphatic heterocycles. The van der Waals surface area contributed by atoms with E-state index < -0.39 is 6.23 Å². The van der Waals surface area contributed by atoms with Gasteiger partial charge in [0.2, 0.25) is 0 Å². The number of hydrogen-bond acceptors (Lipinski definition) is 4. The van der Waals surface area contributed by atoms with Gasteiger partial charge in [-0.3, -0.25) is 4.79 Å². The topological polar surface area (TPSA) is 64.6 Å². The molecule has 0 saturated carbocycles. The second-order valence-corrected chi connectivity index (χ2v) is 1.93. The van der Waals surface area contributed by atoms with Crippen molar-refractivity contribution in [3.8, 4) is 0 Å². The Morgan fingerprint density at radius 2 is 2.56 bits per heavy atom. The lowest BCUT2D eigenvalue weighted by molar-refractivity contribution is -0.140. The third-order valence-electron chi connectivity index (χ3n) is 1.08. The molecule has 5 heteroatoms. The van der Waals surface area contributed by atoms with Gasteiger partial charge in [0, 0.05) is 7.05 Å². The normalized spacial score (nSPS) is 30.0. The molecule has 1 saturated heterocycles. The summed E-state index contributed by atoms with van der Waals surface area (Å²) in [5, 5.41) is 12.8. The van der Waals surface area contributed by atoms with Crippen LogP contribution in [0.25, 0.3) is 0 Å². The van der Waals surface area contributed by atoms with Gasteiger partial charge in [-0.25, -0.2) is 10.4 Å². The molecule has 0 aromatic carbocycles. The molecule has 3 N–H and O–H groups in total. The minimum atomic E-state index is -1.09. The SMILES string of the molecule is CN1CNC(=O)C(O)N1. The van der Waals surface area contributed by atoms with E-state index in [0.717, 1.165) is 0 Å². The molecule has 1 heterocycles. The highest BCUT2D eigenvalue weighted by atomic mass is 16.3. The van der Waals surface area contributed by atoms with E-state index in [1.54, 1.807) is 12.1 Å². The molecule has 0 radical (unpaired) electrons. The van der Waals surface area contributed by atoms with Crippen molar-refractivity contribution in [2.24, 2.45) is 0 Å². The van der Waals surface area contributed by atoms with E-state index in [0.29, 0.717) is 6.67 Å². The van der Waals surface area contributed by atoms with Gasteiger partial charge in [0.25, 0.3) is 5.91 Å². The van der Waals surface area contributed by atoms with Crippen molar-refractivity contribution < 1.29 is 9.90 Å². The van der Waals surface area contributed by atoms with Crippen molar-refractivity contribution in [3.05, 3.63) is 0 Å². The van der Waals surface area contributed by atoms with Crippen LogP contribution in [0.15, 0.2) is 0 Å². The lowest BCUT2D eigenvalue weighted by Gasteiger charge is -2.27. The van der Waals surface area contributed by atoms with Gasteiger partial charge in [0.05, 0.1) is 6.67 Å². The van der Waals surface area contributed by atoms with E-state index in [9.17, 15) is 4.79 Å². The summed E-state index contributed by atoms with van der Waals surface area (Å²) in [5.41, 5.74) is 2.51. The highest BCUT2D eigenvalue weighted by Gasteiger charge is 2.20. The molecule has 1 unspecified atom stereocenters. The quantitative estimate of drug-likeness (QED) is 0.350. The van der Waals surface area contributed by atoms with Gasteiger partial charge in [-0.1, -0.05) is 0 Å². The van der Waals surface area contributed by atoms with E-state index in [2.05, 4.69) is 10.7 Å². The van der Waals surface area contributed by atoms with Gasteiger partial charge in [-0.15, -0.1) is 0 Å². The summed E-state index contributed by atoms with van der Waals surface area (Å²) in [7, 11) is 1.72. The summed E-state index contributed by atoms with van der Waals surface area (Å²) in [6.45, 7) is 0.426. The van der Waals surface area contributed by atoms with Gasteiger partial charge in [-0.05, 0) is 0 Å². The van der Waals surface area contributed by atoms with Crippen LogP contribution >= 0.6 is 0 Å². The maximum atomic E-state index is 10.5. The van der Waals surface area contributed by atoms with Crippen molar-refractivity contribution in [1.82, 2.24) is 15.8 Å². The number of hydrogen-bond donors (Lipinski definition) is 3. The molecule has 52 valence electrons. The monoisotopic (exact) mass is 131 g/mol. The Kier molecular flexibility index (Phi) is 1.65. The predicted molar refractivity (Wildman–Crippen MR) is 29.9 cm³/mol. The molecule has 0 aromatic rings. The zero-order chi connectivity index (χ0) is 6.85. The number of rotatable bonds is 0. The molecule has 1 aliphatic rings. The van der Waals surface area contributed by atoms with Crippen molar-refractivity contribution in [3.63, 3.8) is 0 Å². The summed E-state index contributed by atoms with van der Waals surface area (Å²) < 4.78 is 0. The molecular weight excluding hydrogens is 122 g/mol. The number of aliphatic hydroxyl groups excluding tert-OH is 1. The van der Waals surface area contributed by atoms with Crippen LogP contribution in [-0.2, 0) is 4.79 Å². The fourth-order valence-electron chi connectivity index (χ4n) is 0.606. The van der Waals surface area contributed by atoms with Crippen LogP contribution in [-0.4, -0.2) is 36.0 Å². The Balaban J connectivity index is 2.44. The average molecular weight is 131 g/mol. The second kappa shape index (κ2) is 2.30. The summed E-state index contributed by atoms with van der Waals surface area (Å²) >= 11 is 0. The van der Waals surface area contributed by atoms with E-state index in [4.69, 9.17) is 5.11 Å². The number of carbonyl (C=O) groups excluding carboxylic acids is 1. The largest absolute Gasteiger partial charge is 0.369 e. The zero-order valence-corrected chi connectivity index (χ0v) is 5.09. The molecular formula is C4H9N3O2. The molecule has 5 nitrogen and oxygen atoms in total. The van der Waals surface area contributed by atoms with Crippen LogP contribution in [0, 0.1) is 0 Å². The summed E-state index contributed by atoms with van der Waals surface area (Å²) in [5.74, 6) is -0.381. The van der Waals surface area contributed by atoms with Crippen molar-refractivity contribution in [1.29, 1.82) is 0 Å². The van der Waals surface area contributed by atoms with Gasteiger partial charge < -0.3 is 10.4 Å². The molecule has 1 fully saturated rings. The molecule has 0 bridgehead atoms. The Bertz CT molecular complexity index is 127. The number of nitrogens with zero attached hydrogens (tertiary/aromatic N) is 1. The van der Waals surface area contributed by atoms with Crippen LogP contribution in [0.4, 0.5) is 0 Å². The van der Waals surface area contributed by atoms with Gasteiger partial charge >= 0.3 is 0 Å². The molecule has 1 rings (SSSR count). The van der Waals surface area contributed by atoms with E-state index in [1.165, 1.54) is 0 Å². The second-order valence-electron chi connectivity index (χ2n) is 1.93. The number of nitrogens with one attached hydrogen (secondary N) is 2. The highest BCUT2D eigenvalue weighted by molar-refractivity contribution is 5.80. The third kappa shape index (κ3) is 1.38. The first-order chi connectivity index (χ1) is 4.20. The maximum absolute atomic E-state index is 10.5. The van der Waals surface area contributed by atoms with Crippen LogP contribution in [0.5, 0.6) is 0 Å². The van der Waals surface area contributed by atoms with Crippen molar-refractivity contribution in [2.75, 3.05) is 13.7 Å². The van der Waals surface area contributed by atoms with Crippen LogP contribution < -0.4 is 10.7 Å². The Hall–Kier alpha value is -0.650. The first-order valence-electron chi connectivity index (χ1n) is 2.63. The molecule has 0 aliphatic carbocycles. The number of amides is 1. The standard InChI is InChI=1S/C4H9N3O2/c1-7-2-5-3(8)4(9)6-7/h4,6,9H,2H2,1H3,(H,5,8). The minimum Gasteiger partial charge on any atom is -0.369 e. The fraction of sp³-hybridized carbons (Fsp3) is 0.750. The van der Waals surface area contributed by atoms with Crippen molar-refractivity contribution >= 4 is 5.91 Å². The first-order valence-corrected chi connectivity index (χ1v) is 2.63. The number of aliphatic hydroxyl groups is 1. The van der Waals surface area contributed by atoms with E-state index >= 15 is 0 Å². The lowest BCUT2D eigenvalue weighted by Crippen LogP contribution is -2.59. The van der Waals surface area contributed by atoms with Gasteiger partial charge in [-0.2, -0.15) is 0 Å². The van der Waals surface area contributed by atoms with E-state index in [1.807, 2.05) is 0 Å². The fourth-order valence-corrected chi connectivity index (χ4v) is 0.606. The maximum Gasteiger partial charge on any atom is 0.266 e. The predicted octanol–water partition coefficient (Wildman–Crippen LogP) is -2.17. The molecule has 0 spiro atoms. The first kappa shape index (κ1) is 6.47. The minimum absolute atomic E-state index is 0.381. The number of hydrazine groups is 1. The van der Waals surface area contributed by atoms with Crippen LogP contribution in [0.2, 0.25) is 0 Å². The smallest absolute Gasteiger partial charge is 0.266 e. The van der Waals surface area contributed by atoms with Crippen LogP contribution in [0.3, 0.4) is 0 Å². The zero-order valence-electron chi connectivity index (χ0n) is 5.09.